The number of carbonyl (C=O) groups excluding carboxylic acids is 1. The number of hydrogen-bond donors (Lipinski definition) is 0. The highest BCUT2D eigenvalue weighted by Crippen LogP contribution is 1.96. The molecule has 0 aromatic rings. The van der Waals surface area contributed by atoms with Crippen LogP contribution in [0, 0.1) is 0 Å². The summed E-state index contributed by atoms with van der Waals surface area (Å²) in [6.07, 6.45) is 4.77. The first-order valence-electron chi connectivity index (χ1n) is 3.77. The van der Waals surface area contributed by atoms with Gasteiger partial charge in [0.05, 0.1) is 6.61 Å². The minimum Gasteiger partial charge on any atom is -0.466 e. The summed E-state index contributed by atoms with van der Waals surface area (Å²) in [6.45, 7) is 1.94. The van der Waals surface area contributed by atoms with Crippen molar-refractivity contribution in [2.45, 2.75) is 26.2 Å². The molecular weight excluding hydrogens is 139 g/mol. The van der Waals surface area contributed by atoms with E-state index < -0.39 is 0 Å². The fraction of sp³-hybridized carbons (Fsp3) is 0.625. The van der Waals surface area contributed by atoms with Crippen LogP contribution in [-0.2, 0) is 9.53 Å². The number of allylic oxidation sites excluding steroid dienone is 1. The van der Waals surface area contributed by atoms with Gasteiger partial charge in [0.1, 0.15) is 7.85 Å². The third-order valence-electron chi connectivity index (χ3n) is 1.21. The maximum absolute atomic E-state index is 10.3. The van der Waals surface area contributed by atoms with Gasteiger partial charge in [-0.3, -0.25) is 4.79 Å². The first kappa shape index (κ1) is 10.3. The number of hydrogen-bond acceptors (Lipinski definition) is 2. The number of unbranched alkanes of at least 4 members (excludes halogenated alkanes) is 2. The van der Waals surface area contributed by atoms with E-state index >= 15 is 0 Å². The molecule has 0 bridgehead atoms. The van der Waals surface area contributed by atoms with Crippen molar-refractivity contribution >= 4 is 13.8 Å². The van der Waals surface area contributed by atoms with Crippen LogP contribution in [0.1, 0.15) is 26.2 Å². The van der Waals surface area contributed by atoms with Gasteiger partial charge >= 0.3 is 5.97 Å². The average molecular weight is 152 g/mol. The lowest BCUT2D eigenvalue weighted by atomic mass is 10.1. The largest absolute Gasteiger partial charge is 0.466 e. The lowest BCUT2D eigenvalue weighted by molar-refractivity contribution is -0.141. The molecule has 0 spiro atoms. The van der Waals surface area contributed by atoms with E-state index in [4.69, 9.17) is 12.6 Å². The summed E-state index contributed by atoms with van der Waals surface area (Å²) < 4.78 is 4.73. The highest BCUT2D eigenvalue weighted by atomic mass is 16.5. The second-order valence-corrected chi connectivity index (χ2v) is 2.26. The molecule has 0 saturated heterocycles. The van der Waals surface area contributed by atoms with Crippen molar-refractivity contribution in [3.8, 4) is 0 Å². The lowest BCUT2D eigenvalue weighted by Gasteiger charge is -1.98. The van der Waals surface area contributed by atoms with Gasteiger partial charge in [0.25, 0.3) is 0 Å². The van der Waals surface area contributed by atoms with Crippen LogP contribution in [0.4, 0.5) is 0 Å². The van der Waals surface area contributed by atoms with Crippen LogP contribution < -0.4 is 0 Å². The second kappa shape index (κ2) is 7.38. The maximum atomic E-state index is 10.3. The molecule has 0 aliphatic carbocycles. The zero-order valence-corrected chi connectivity index (χ0v) is 6.88. The zero-order chi connectivity index (χ0) is 8.53. The van der Waals surface area contributed by atoms with E-state index in [0.29, 0.717) is 6.61 Å². The van der Waals surface area contributed by atoms with Crippen LogP contribution in [0.3, 0.4) is 0 Å². The van der Waals surface area contributed by atoms with Crippen LogP contribution in [-0.4, -0.2) is 20.4 Å². The van der Waals surface area contributed by atoms with Gasteiger partial charge in [0.2, 0.25) is 0 Å². The number of esters is 1. The summed E-state index contributed by atoms with van der Waals surface area (Å²) in [7, 11) is 5.13. The predicted octanol–water partition coefficient (Wildman–Crippen LogP) is 1.40. The summed E-state index contributed by atoms with van der Waals surface area (Å²) in [6, 6.07) is 0. The maximum Gasteiger partial charge on any atom is 0.302 e. The van der Waals surface area contributed by atoms with E-state index in [0.717, 1.165) is 19.3 Å². The lowest BCUT2D eigenvalue weighted by Crippen LogP contribution is -1.99. The molecule has 0 amide bonds. The standard InChI is InChI=1S/C8H13BO2/c1-8(10)11-7-5-3-2-4-6-9/h4,6H,2-3,5,7H2,1H3. The summed E-state index contributed by atoms with van der Waals surface area (Å²) in [5, 5.41) is 0. The molecule has 0 aliphatic rings. The quantitative estimate of drug-likeness (QED) is 0.338. The van der Waals surface area contributed by atoms with Gasteiger partial charge in [-0.2, -0.15) is 0 Å². The molecule has 0 aromatic heterocycles. The topological polar surface area (TPSA) is 26.3 Å². The Labute approximate surface area is 69.0 Å². The average Bonchev–Trinajstić information content (AvgIpc) is 1.96. The third-order valence-corrected chi connectivity index (χ3v) is 1.21. The van der Waals surface area contributed by atoms with E-state index in [1.54, 1.807) is 0 Å². The van der Waals surface area contributed by atoms with Gasteiger partial charge in [-0.25, -0.2) is 0 Å². The van der Waals surface area contributed by atoms with Crippen molar-refractivity contribution in [2.75, 3.05) is 6.61 Å². The Morgan fingerprint density at radius 2 is 2.27 bits per heavy atom. The highest BCUT2D eigenvalue weighted by molar-refractivity contribution is 6.16. The molecule has 0 N–H and O–H groups in total. The second-order valence-electron chi connectivity index (χ2n) is 2.26. The third kappa shape index (κ3) is 9.27. The molecule has 0 aliphatic heterocycles. The van der Waals surface area contributed by atoms with E-state index in [9.17, 15) is 4.79 Å². The Morgan fingerprint density at radius 3 is 2.82 bits per heavy atom. The molecule has 0 saturated carbocycles. The minimum absolute atomic E-state index is 0.209. The van der Waals surface area contributed by atoms with Gasteiger partial charge in [0.15, 0.2) is 0 Å². The fourth-order valence-corrected chi connectivity index (χ4v) is 0.676. The predicted molar refractivity (Wildman–Crippen MR) is 45.4 cm³/mol. The molecule has 2 radical (unpaired) electrons. The van der Waals surface area contributed by atoms with Gasteiger partial charge in [-0.05, 0) is 19.3 Å². The normalized spacial score (nSPS) is 10.3. The van der Waals surface area contributed by atoms with Crippen molar-refractivity contribution in [1.29, 1.82) is 0 Å². The van der Waals surface area contributed by atoms with Crippen molar-refractivity contribution in [2.24, 2.45) is 0 Å². The summed E-state index contributed by atoms with van der Waals surface area (Å²) in [5.41, 5.74) is 0. The zero-order valence-electron chi connectivity index (χ0n) is 6.88. The molecule has 0 heterocycles. The summed E-state index contributed by atoms with van der Waals surface area (Å²) in [5.74, 6) is 1.32. The number of rotatable bonds is 5. The molecule has 0 unspecified atom stereocenters. The van der Waals surface area contributed by atoms with E-state index in [-0.39, 0.29) is 5.97 Å². The Hall–Kier alpha value is -0.725. The summed E-state index contributed by atoms with van der Waals surface area (Å²) in [4.78, 5) is 10.3. The summed E-state index contributed by atoms with van der Waals surface area (Å²) >= 11 is 0. The van der Waals surface area contributed by atoms with Gasteiger partial charge in [-0.15, -0.1) is 5.98 Å². The van der Waals surface area contributed by atoms with Crippen LogP contribution in [0.2, 0.25) is 0 Å². The van der Waals surface area contributed by atoms with Gasteiger partial charge in [0, 0.05) is 6.92 Å². The Morgan fingerprint density at radius 1 is 1.55 bits per heavy atom. The van der Waals surface area contributed by atoms with Crippen LogP contribution >= 0.6 is 0 Å². The van der Waals surface area contributed by atoms with Gasteiger partial charge < -0.3 is 4.74 Å². The highest BCUT2D eigenvalue weighted by Gasteiger charge is 1.90. The molecule has 60 valence electrons. The molecule has 0 atom stereocenters. The van der Waals surface area contributed by atoms with Gasteiger partial charge in [-0.1, -0.05) is 6.08 Å². The van der Waals surface area contributed by atoms with Crippen molar-refractivity contribution in [3.63, 3.8) is 0 Å². The molecule has 11 heavy (non-hydrogen) atoms. The van der Waals surface area contributed by atoms with Crippen LogP contribution in [0.5, 0.6) is 0 Å². The first-order valence-corrected chi connectivity index (χ1v) is 3.77. The first-order chi connectivity index (χ1) is 5.27. The van der Waals surface area contributed by atoms with Crippen molar-refractivity contribution in [3.05, 3.63) is 12.1 Å². The van der Waals surface area contributed by atoms with E-state index in [2.05, 4.69) is 0 Å². The van der Waals surface area contributed by atoms with Crippen LogP contribution in [0.15, 0.2) is 12.1 Å². The van der Waals surface area contributed by atoms with Crippen LogP contribution in [0.25, 0.3) is 0 Å². The Kier molecular flexibility index (Phi) is 6.90. The minimum atomic E-state index is -0.209. The molecular formula is C8H13BO2. The molecule has 0 rings (SSSR count). The number of carbonyl (C=O) groups is 1. The number of ether oxygens (including phenoxy) is 1. The molecule has 3 heteroatoms. The van der Waals surface area contributed by atoms with E-state index in [1.807, 2.05) is 6.08 Å². The smallest absolute Gasteiger partial charge is 0.302 e. The Bertz CT molecular complexity index is 132. The molecule has 2 nitrogen and oxygen atoms in total. The Balaban J connectivity index is 2.96. The van der Waals surface area contributed by atoms with Crippen molar-refractivity contribution < 1.29 is 9.53 Å². The van der Waals surface area contributed by atoms with E-state index in [1.165, 1.54) is 12.9 Å². The molecule has 0 aromatic carbocycles. The fourth-order valence-electron chi connectivity index (χ4n) is 0.676. The SMILES string of the molecule is [B]C=CCCCCOC(C)=O. The van der Waals surface area contributed by atoms with Crippen molar-refractivity contribution in [1.82, 2.24) is 0 Å². The monoisotopic (exact) mass is 152 g/mol. The molecule has 0 fully saturated rings.